The van der Waals surface area contributed by atoms with Gasteiger partial charge < -0.3 is 5.11 Å². The van der Waals surface area contributed by atoms with Gasteiger partial charge in [0.2, 0.25) is 0 Å². The largest absolute Gasteiger partial charge is 0.396 e. The lowest BCUT2D eigenvalue weighted by Crippen LogP contribution is -1.87. The Morgan fingerprint density at radius 3 is 2.86 bits per heavy atom. The number of nitrogens with zero attached hydrogens (tertiary/aromatic N) is 1. The van der Waals surface area contributed by atoms with Gasteiger partial charge in [0.1, 0.15) is 0 Å². The van der Waals surface area contributed by atoms with Crippen molar-refractivity contribution in [2.24, 2.45) is 0 Å². The van der Waals surface area contributed by atoms with E-state index in [2.05, 4.69) is 0 Å². The molecule has 1 N–H and O–H groups in total. The third kappa shape index (κ3) is 1.51. The summed E-state index contributed by atoms with van der Waals surface area (Å²) < 4.78 is 13.3. The van der Waals surface area contributed by atoms with Crippen LogP contribution in [-0.4, -0.2) is 16.5 Å². The van der Waals surface area contributed by atoms with Crippen LogP contribution in [0, 0.1) is 0 Å². The third-order valence-corrected chi connectivity index (χ3v) is 2.35. The molecule has 2 rings (SSSR count). The number of aromatic nitrogens is 1. The van der Waals surface area contributed by atoms with Crippen molar-refractivity contribution in [3.05, 3.63) is 36.0 Å². The average Bonchev–Trinajstić information content (AvgIpc) is 2.54. The Hall–Kier alpha value is -1.35. The molecular formula is C11H12FNO. The zero-order chi connectivity index (χ0) is 9.97. The summed E-state index contributed by atoms with van der Waals surface area (Å²) in [5.74, 6) is 0. The Morgan fingerprint density at radius 1 is 1.29 bits per heavy atom. The summed E-state index contributed by atoms with van der Waals surface area (Å²) in [7, 11) is 0. The average molecular weight is 193 g/mol. The highest BCUT2D eigenvalue weighted by molar-refractivity contribution is 5.83. The fraction of sp³-hybridized carbons (Fsp3) is 0.273. The molecule has 0 aliphatic carbocycles. The highest BCUT2D eigenvalue weighted by atomic mass is 19.2. The number of aliphatic hydroxyl groups excluding tert-OH is 1. The molecule has 0 radical (unpaired) electrons. The fourth-order valence-electron chi connectivity index (χ4n) is 1.68. The molecule has 1 aromatic carbocycles. The molecule has 0 bridgehead atoms. The lowest BCUT2D eigenvalue weighted by Gasteiger charge is -1.95. The van der Waals surface area contributed by atoms with Crippen LogP contribution in [0.1, 0.15) is 12.0 Å². The van der Waals surface area contributed by atoms with E-state index < -0.39 is 0 Å². The Balaban J connectivity index is 2.44. The second-order valence-electron chi connectivity index (χ2n) is 3.31. The van der Waals surface area contributed by atoms with Gasteiger partial charge in [-0.05, 0) is 24.5 Å². The monoisotopic (exact) mass is 193 g/mol. The van der Waals surface area contributed by atoms with Crippen molar-refractivity contribution in [1.29, 1.82) is 0 Å². The summed E-state index contributed by atoms with van der Waals surface area (Å²) in [6.07, 6.45) is 2.88. The minimum absolute atomic E-state index is 0.145. The van der Waals surface area contributed by atoms with Gasteiger partial charge in [0, 0.05) is 18.2 Å². The molecule has 0 unspecified atom stereocenters. The molecule has 74 valence electrons. The van der Waals surface area contributed by atoms with Gasteiger partial charge in [-0.25, -0.2) is 0 Å². The van der Waals surface area contributed by atoms with Crippen LogP contribution in [-0.2, 0) is 6.42 Å². The minimum atomic E-state index is 0.145. The third-order valence-electron chi connectivity index (χ3n) is 2.35. The summed E-state index contributed by atoms with van der Waals surface area (Å²) in [4.78, 5) is 0.641. The van der Waals surface area contributed by atoms with Crippen LogP contribution in [0.4, 0.5) is 4.48 Å². The van der Waals surface area contributed by atoms with E-state index >= 15 is 0 Å². The SMILES string of the molecule is OCCCc1cn(F)c2ccccc12. The summed E-state index contributed by atoms with van der Waals surface area (Å²) in [5.41, 5.74) is 1.55. The zero-order valence-corrected chi connectivity index (χ0v) is 7.78. The molecule has 3 heteroatoms. The number of rotatable bonds is 3. The molecular weight excluding hydrogens is 181 g/mol. The molecule has 0 aliphatic rings. The lowest BCUT2D eigenvalue weighted by atomic mass is 10.1. The van der Waals surface area contributed by atoms with Crippen molar-refractivity contribution in [3.63, 3.8) is 0 Å². The molecule has 2 aromatic rings. The standard InChI is InChI=1S/C11H12FNO/c12-13-8-9(4-3-7-14)10-5-1-2-6-11(10)13/h1-2,5-6,8,14H,3-4,7H2. The second-order valence-corrected chi connectivity index (χ2v) is 3.31. The number of halogens is 1. The van der Waals surface area contributed by atoms with Crippen molar-refractivity contribution >= 4 is 10.9 Å². The van der Waals surface area contributed by atoms with Crippen molar-refractivity contribution < 1.29 is 9.59 Å². The van der Waals surface area contributed by atoms with E-state index in [0.717, 1.165) is 10.9 Å². The Kier molecular flexibility index (Phi) is 2.50. The number of aliphatic hydroxyl groups is 1. The molecule has 14 heavy (non-hydrogen) atoms. The van der Waals surface area contributed by atoms with Gasteiger partial charge >= 0.3 is 0 Å². The topological polar surface area (TPSA) is 25.2 Å². The van der Waals surface area contributed by atoms with Gasteiger partial charge in [0.05, 0.1) is 5.52 Å². The van der Waals surface area contributed by atoms with E-state index in [4.69, 9.17) is 5.11 Å². The Morgan fingerprint density at radius 2 is 2.07 bits per heavy atom. The van der Waals surface area contributed by atoms with Crippen LogP contribution in [0.2, 0.25) is 0 Å². The first-order valence-electron chi connectivity index (χ1n) is 4.69. The molecule has 2 nitrogen and oxygen atoms in total. The first kappa shape index (κ1) is 9.21. The van der Waals surface area contributed by atoms with Gasteiger partial charge in [0.15, 0.2) is 0 Å². The maximum atomic E-state index is 13.3. The van der Waals surface area contributed by atoms with Crippen molar-refractivity contribution in [2.45, 2.75) is 12.8 Å². The van der Waals surface area contributed by atoms with Crippen LogP contribution < -0.4 is 0 Å². The van der Waals surface area contributed by atoms with Gasteiger partial charge in [-0.1, -0.05) is 22.7 Å². The van der Waals surface area contributed by atoms with Crippen molar-refractivity contribution in [1.82, 2.24) is 4.79 Å². The van der Waals surface area contributed by atoms with E-state index in [1.54, 1.807) is 6.07 Å². The van der Waals surface area contributed by atoms with E-state index in [0.29, 0.717) is 23.1 Å². The number of fused-ring (bicyclic) bond motifs is 1. The predicted octanol–water partition coefficient (Wildman–Crippen LogP) is 2.30. The van der Waals surface area contributed by atoms with Crippen LogP contribution in [0.25, 0.3) is 10.9 Å². The van der Waals surface area contributed by atoms with E-state index in [1.165, 1.54) is 6.20 Å². The molecule has 0 saturated heterocycles. The predicted molar refractivity (Wildman–Crippen MR) is 53.9 cm³/mol. The van der Waals surface area contributed by atoms with Gasteiger partial charge in [-0.2, -0.15) is 4.79 Å². The number of para-hydroxylation sites is 1. The maximum absolute atomic E-state index is 13.3. The second kappa shape index (κ2) is 3.80. The summed E-state index contributed by atoms with van der Waals surface area (Å²) >= 11 is 0. The summed E-state index contributed by atoms with van der Waals surface area (Å²) in [5, 5.41) is 9.64. The quantitative estimate of drug-likeness (QED) is 0.795. The summed E-state index contributed by atoms with van der Waals surface area (Å²) in [6, 6.07) is 7.36. The molecule has 0 saturated carbocycles. The maximum Gasteiger partial charge on any atom is 0.0815 e. The minimum Gasteiger partial charge on any atom is -0.396 e. The molecule has 0 atom stereocenters. The first-order valence-corrected chi connectivity index (χ1v) is 4.69. The fourth-order valence-corrected chi connectivity index (χ4v) is 1.68. The van der Waals surface area contributed by atoms with Crippen LogP contribution in [0.3, 0.4) is 0 Å². The van der Waals surface area contributed by atoms with Crippen LogP contribution in [0.5, 0.6) is 0 Å². The van der Waals surface area contributed by atoms with E-state index in [9.17, 15) is 4.48 Å². The Bertz CT molecular complexity index is 436. The van der Waals surface area contributed by atoms with Crippen molar-refractivity contribution in [2.75, 3.05) is 6.61 Å². The number of benzene rings is 1. The van der Waals surface area contributed by atoms with E-state index in [-0.39, 0.29) is 6.61 Å². The smallest absolute Gasteiger partial charge is 0.0815 e. The lowest BCUT2D eigenvalue weighted by molar-refractivity contribution is 0.288. The van der Waals surface area contributed by atoms with E-state index in [1.807, 2.05) is 18.2 Å². The van der Waals surface area contributed by atoms with Crippen LogP contribution >= 0.6 is 0 Å². The molecule has 1 aromatic heterocycles. The molecule has 0 spiro atoms. The van der Waals surface area contributed by atoms with Crippen LogP contribution in [0.15, 0.2) is 30.5 Å². The number of aryl methyl sites for hydroxylation is 1. The summed E-state index contributed by atoms with van der Waals surface area (Å²) in [6.45, 7) is 0.145. The van der Waals surface area contributed by atoms with Gasteiger partial charge in [-0.3, -0.25) is 0 Å². The molecule has 0 fully saturated rings. The molecule has 1 heterocycles. The van der Waals surface area contributed by atoms with Crippen molar-refractivity contribution in [3.8, 4) is 0 Å². The normalized spacial score (nSPS) is 11.0. The number of hydrogen-bond donors (Lipinski definition) is 1. The Labute approximate surface area is 81.5 Å². The zero-order valence-electron chi connectivity index (χ0n) is 7.78. The highest BCUT2D eigenvalue weighted by Gasteiger charge is 2.06. The first-order chi connectivity index (χ1) is 6.83. The molecule has 0 amide bonds. The van der Waals surface area contributed by atoms with Gasteiger partial charge in [-0.15, -0.1) is 0 Å². The number of hydrogen-bond acceptors (Lipinski definition) is 1. The highest BCUT2D eigenvalue weighted by Crippen LogP contribution is 2.22. The molecule has 0 aliphatic heterocycles. The van der Waals surface area contributed by atoms with Gasteiger partial charge in [0.25, 0.3) is 0 Å².